The number of rotatable bonds is 3. The molecule has 0 saturated heterocycles. The molecule has 0 fully saturated rings. The highest BCUT2D eigenvalue weighted by Crippen LogP contribution is 2.27. The Bertz CT molecular complexity index is 869. The van der Waals surface area contributed by atoms with Crippen LogP contribution in [0.3, 0.4) is 0 Å². The van der Waals surface area contributed by atoms with Gasteiger partial charge in [0.15, 0.2) is 0 Å². The number of fused-ring (bicyclic) bond motifs is 1. The third-order valence-corrected chi connectivity index (χ3v) is 4.25. The molecule has 0 amide bonds. The monoisotopic (exact) mass is 302 g/mol. The Labute approximate surface area is 124 Å². The maximum absolute atomic E-state index is 11.7. The first-order chi connectivity index (χ1) is 10.0. The molecule has 3 aromatic rings. The molecule has 0 spiro atoms. The maximum atomic E-state index is 11.7. The molecule has 7 heteroatoms. The number of nitrogens with one attached hydrogen (secondary N) is 1. The van der Waals surface area contributed by atoms with Crippen LogP contribution in [0.25, 0.3) is 11.0 Å². The third kappa shape index (κ3) is 2.64. The quantitative estimate of drug-likeness (QED) is 0.569. The average molecular weight is 302 g/mol. The number of aromatic nitrogens is 3. The molecule has 0 aliphatic heterocycles. The summed E-state index contributed by atoms with van der Waals surface area (Å²) in [7, 11) is 0. The topological polar surface area (TPSA) is 97.8 Å². The van der Waals surface area contributed by atoms with Gasteiger partial charge in [-0.05, 0) is 30.5 Å². The predicted octanol–water partition coefficient (Wildman–Crippen LogP) is 2.40. The van der Waals surface area contributed by atoms with Crippen molar-refractivity contribution >= 4 is 28.7 Å². The van der Waals surface area contributed by atoms with Gasteiger partial charge < -0.3 is 10.2 Å². The number of nitrogens with zero attached hydrogens (tertiary/aromatic N) is 2. The van der Waals surface area contributed by atoms with Gasteiger partial charge in [-0.2, -0.15) is 4.98 Å². The average Bonchev–Trinajstić information content (AvgIpc) is 2.86. The van der Waals surface area contributed by atoms with Crippen molar-refractivity contribution in [2.45, 2.75) is 24.8 Å². The molecule has 0 radical (unpaired) electrons. The van der Waals surface area contributed by atoms with Crippen LogP contribution >= 0.6 is 11.8 Å². The second kappa shape index (κ2) is 5.25. The lowest BCUT2D eigenvalue weighted by Crippen LogP contribution is -2.01. The summed E-state index contributed by atoms with van der Waals surface area (Å²) in [6.07, 6.45) is 0. The minimum Gasteiger partial charge on any atom is -0.422 e. The van der Waals surface area contributed by atoms with E-state index < -0.39 is 0 Å². The summed E-state index contributed by atoms with van der Waals surface area (Å²) in [5, 5.41) is 8.04. The number of aromatic amines is 1. The van der Waals surface area contributed by atoms with E-state index in [0.717, 1.165) is 22.1 Å². The molecule has 0 unspecified atom stereocenters. The highest BCUT2D eigenvalue weighted by atomic mass is 32.2. The molecule has 1 aromatic carbocycles. The van der Waals surface area contributed by atoms with E-state index in [9.17, 15) is 4.79 Å². The van der Waals surface area contributed by atoms with Gasteiger partial charge in [0.05, 0.1) is 0 Å². The molecule has 3 N–H and O–H groups in total. The van der Waals surface area contributed by atoms with E-state index in [1.54, 1.807) is 0 Å². The smallest absolute Gasteiger partial charge is 0.336 e. The number of hydrogen-bond donors (Lipinski definition) is 2. The Hall–Kier alpha value is -2.28. The van der Waals surface area contributed by atoms with Gasteiger partial charge in [-0.3, -0.25) is 0 Å². The van der Waals surface area contributed by atoms with E-state index in [2.05, 4.69) is 15.2 Å². The molecule has 108 valence electrons. The number of anilines is 1. The number of thioether (sulfide) groups is 1. The van der Waals surface area contributed by atoms with Crippen molar-refractivity contribution in [3.8, 4) is 0 Å². The Balaban J connectivity index is 2.01. The van der Waals surface area contributed by atoms with Gasteiger partial charge in [-0.25, -0.2) is 9.89 Å². The van der Waals surface area contributed by atoms with Crippen molar-refractivity contribution in [2.24, 2.45) is 0 Å². The first kappa shape index (κ1) is 13.7. The molecule has 21 heavy (non-hydrogen) atoms. The summed E-state index contributed by atoms with van der Waals surface area (Å²) >= 11 is 1.41. The molecular weight excluding hydrogens is 288 g/mol. The molecule has 0 atom stereocenters. The van der Waals surface area contributed by atoms with Crippen molar-refractivity contribution in [3.05, 3.63) is 45.3 Å². The van der Waals surface area contributed by atoms with Crippen LogP contribution < -0.4 is 11.4 Å². The van der Waals surface area contributed by atoms with Crippen LogP contribution in [0, 0.1) is 13.8 Å². The molecule has 3 rings (SSSR count). The molecular formula is C14H14N4O2S. The van der Waals surface area contributed by atoms with Crippen LogP contribution in [-0.2, 0) is 5.75 Å². The number of nitrogens with two attached hydrogens (primary N) is 1. The zero-order chi connectivity index (χ0) is 15.0. The van der Waals surface area contributed by atoms with Crippen molar-refractivity contribution < 1.29 is 4.42 Å². The highest BCUT2D eigenvalue weighted by molar-refractivity contribution is 7.98. The van der Waals surface area contributed by atoms with Crippen LogP contribution in [-0.4, -0.2) is 15.2 Å². The second-order valence-corrected chi connectivity index (χ2v) is 5.71. The van der Waals surface area contributed by atoms with E-state index in [-0.39, 0.29) is 11.6 Å². The van der Waals surface area contributed by atoms with Crippen LogP contribution in [0.2, 0.25) is 0 Å². The van der Waals surface area contributed by atoms with Crippen molar-refractivity contribution in [1.29, 1.82) is 0 Å². The van der Waals surface area contributed by atoms with E-state index in [1.165, 1.54) is 17.8 Å². The Morgan fingerprint density at radius 1 is 1.38 bits per heavy atom. The molecule has 0 saturated carbocycles. The van der Waals surface area contributed by atoms with Crippen molar-refractivity contribution in [1.82, 2.24) is 15.2 Å². The number of aryl methyl sites for hydroxylation is 2. The van der Waals surface area contributed by atoms with E-state index in [0.29, 0.717) is 16.5 Å². The fraction of sp³-hybridized carbons (Fsp3) is 0.214. The molecule has 0 aliphatic carbocycles. The normalized spacial score (nSPS) is 11.1. The minimum atomic E-state index is -0.346. The Morgan fingerprint density at radius 2 is 2.19 bits per heavy atom. The zero-order valence-electron chi connectivity index (χ0n) is 11.6. The lowest BCUT2D eigenvalue weighted by molar-refractivity contribution is 0.557. The SMILES string of the molecule is Cc1ccc2c(CSc3n[nH]c(N)n3)cc(=O)oc2c1C. The number of benzene rings is 1. The van der Waals surface area contributed by atoms with Gasteiger partial charge in [0.25, 0.3) is 0 Å². The minimum absolute atomic E-state index is 0.279. The highest BCUT2D eigenvalue weighted by Gasteiger charge is 2.11. The van der Waals surface area contributed by atoms with Crippen LogP contribution in [0.5, 0.6) is 0 Å². The summed E-state index contributed by atoms with van der Waals surface area (Å²) in [5.41, 5.74) is 8.77. The lowest BCUT2D eigenvalue weighted by atomic mass is 10.0. The summed E-state index contributed by atoms with van der Waals surface area (Å²) in [6.45, 7) is 3.94. The van der Waals surface area contributed by atoms with Crippen LogP contribution in [0.15, 0.2) is 32.6 Å². The fourth-order valence-corrected chi connectivity index (χ4v) is 2.91. The number of nitrogen functional groups attached to an aromatic ring is 1. The Kier molecular flexibility index (Phi) is 3.42. The van der Waals surface area contributed by atoms with Crippen molar-refractivity contribution in [3.63, 3.8) is 0 Å². The van der Waals surface area contributed by atoms with Gasteiger partial charge >= 0.3 is 5.63 Å². The summed E-state index contributed by atoms with van der Waals surface area (Å²) in [4.78, 5) is 15.8. The standard InChI is InChI=1S/C14H14N4O2S/c1-7-3-4-10-9(5-11(19)20-12(10)8(7)2)6-21-14-16-13(15)17-18-14/h3-5H,6H2,1-2H3,(H3,15,16,17,18). The van der Waals surface area contributed by atoms with Gasteiger partial charge in [0, 0.05) is 17.2 Å². The molecule has 2 aromatic heterocycles. The zero-order valence-corrected chi connectivity index (χ0v) is 12.5. The van der Waals surface area contributed by atoms with Gasteiger partial charge in [0.2, 0.25) is 11.1 Å². The Morgan fingerprint density at radius 3 is 2.90 bits per heavy atom. The maximum Gasteiger partial charge on any atom is 0.336 e. The number of hydrogen-bond acceptors (Lipinski definition) is 6. The predicted molar refractivity (Wildman–Crippen MR) is 82.3 cm³/mol. The first-order valence-electron chi connectivity index (χ1n) is 6.38. The molecule has 6 nitrogen and oxygen atoms in total. The number of H-pyrrole nitrogens is 1. The lowest BCUT2D eigenvalue weighted by Gasteiger charge is -2.08. The fourth-order valence-electron chi connectivity index (χ4n) is 2.11. The van der Waals surface area contributed by atoms with Gasteiger partial charge in [-0.1, -0.05) is 23.9 Å². The largest absolute Gasteiger partial charge is 0.422 e. The van der Waals surface area contributed by atoms with E-state index >= 15 is 0 Å². The van der Waals surface area contributed by atoms with E-state index in [1.807, 2.05) is 26.0 Å². The summed E-state index contributed by atoms with van der Waals surface area (Å²) in [6, 6.07) is 5.51. The summed E-state index contributed by atoms with van der Waals surface area (Å²) < 4.78 is 5.35. The molecule has 0 aliphatic rings. The molecule has 2 heterocycles. The van der Waals surface area contributed by atoms with Crippen molar-refractivity contribution in [2.75, 3.05) is 5.73 Å². The van der Waals surface area contributed by atoms with Gasteiger partial charge in [0.1, 0.15) is 5.58 Å². The third-order valence-electron chi connectivity index (χ3n) is 3.36. The summed E-state index contributed by atoms with van der Waals surface area (Å²) in [5.74, 6) is 0.850. The second-order valence-electron chi connectivity index (χ2n) is 4.77. The molecule has 0 bridgehead atoms. The van der Waals surface area contributed by atoms with Gasteiger partial charge in [-0.15, -0.1) is 5.10 Å². The van der Waals surface area contributed by atoms with Crippen LogP contribution in [0.1, 0.15) is 16.7 Å². The van der Waals surface area contributed by atoms with Crippen LogP contribution in [0.4, 0.5) is 5.95 Å². The van der Waals surface area contributed by atoms with E-state index in [4.69, 9.17) is 10.2 Å². The first-order valence-corrected chi connectivity index (χ1v) is 7.37.